The fraction of sp³-hybridized carbons (Fsp3) is 0.556. The maximum atomic E-state index is 12.3. The number of urea groups is 1. The van der Waals surface area contributed by atoms with Crippen LogP contribution in [0.15, 0.2) is 24.3 Å². The van der Waals surface area contributed by atoms with E-state index in [2.05, 4.69) is 10.1 Å². The van der Waals surface area contributed by atoms with Crippen LogP contribution in [0, 0.1) is 0 Å². The predicted octanol–water partition coefficient (Wildman–Crippen LogP) is 2.36. The Bertz CT molecular complexity index is 682. The molecule has 1 aromatic rings. The third-order valence-electron chi connectivity index (χ3n) is 4.82. The fourth-order valence-corrected chi connectivity index (χ4v) is 3.31. The van der Waals surface area contributed by atoms with Crippen molar-refractivity contribution in [1.29, 1.82) is 0 Å². The van der Waals surface area contributed by atoms with Gasteiger partial charge in [0, 0.05) is 45.0 Å². The first-order valence-corrected chi connectivity index (χ1v) is 9.22. The molecule has 0 spiro atoms. The van der Waals surface area contributed by atoms with E-state index in [9.17, 15) is 22.8 Å². The third kappa shape index (κ3) is 5.75. The molecule has 0 atom stereocenters. The highest BCUT2D eigenvalue weighted by Crippen LogP contribution is 2.24. The summed E-state index contributed by atoms with van der Waals surface area (Å²) in [5.41, 5.74) is 0.381. The van der Waals surface area contributed by atoms with Gasteiger partial charge in [-0.3, -0.25) is 9.69 Å². The zero-order chi connectivity index (χ0) is 20.1. The van der Waals surface area contributed by atoms with Crippen molar-refractivity contribution in [3.63, 3.8) is 0 Å². The van der Waals surface area contributed by atoms with E-state index in [0.717, 1.165) is 38.1 Å². The molecule has 2 heterocycles. The summed E-state index contributed by atoms with van der Waals surface area (Å²) in [5.74, 6) is -0.210. The number of amides is 3. The van der Waals surface area contributed by atoms with Gasteiger partial charge in [0.05, 0.1) is 6.54 Å². The minimum absolute atomic E-state index is 0.136. The summed E-state index contributed by atoms with van der Waals surface area (Å²) >= 11 is 0. The molecule has 10 heteroatoms. The molecule has 7 nitrogen and oxygen atoms in total. The van der Waals surface area contributed by atoms with Gasteiger partial charge in [-0.15, -0.1) is 13.2 Å². The van der Waals surface area contributed by atoms with E-state index < -0.39 is 6.36 Å². The number of benzene rings is 1. The molecule has 2 saturated heterocycles. The van der Waals surface area contributed by atoms with Crippen LogP contribution in [0.3, 0.4) is 0 Å². The number of rotatable bonds is 4. The van der Waals surface area contributed by atoms with E-state index in [1.165, 1.54) is 12.1 Å². The van der Waals surface area contributed by atoms with Crippen molar-refractivity contribution < 1.29 is 27.5 Å². The Morgan fingerprint density at radius 1 is 0.929 bits per heavy atom. The summed E-state index contributed by atoms with van der Waals surface area (Å²) in [6.45, 7) is 4.19. The summed E-state index contributed by atoms with van der Waals surface area (Å²) in [4.78, 5) is 30.1. The highest BCUT2D eigenvalue weighted by atomic mass is 19.4. The van der Waals surface area contributed by atoms with E-state index >= 15 is 0 Å². The summed E-state index contributed by atoms with van der Waals surface area (Å²) in [6.07, 6.45) is -2.63. The number of ether oxygens (including phenoxy) is 1. The first-order valence-electron chi connectivity index (χ1n) is 9.22. The number of alkyl halides is 3. The zero-order valence-electron chi connectivity index (χ0n) is 15.4. The van der Waals surface area contributed by atoms with E-state index in [1.807, 2.05) is 9.80 Å². The van der Waals surface area contributed by atoms with Crippen LogP contribution in [0.25, 0.3) is 0 Å². The molecule has 3 amide bonds. The summed E-state index contributed by atoms with van der Waals surface area (Å²) < 4.78 is 40.3. The van der Waals surface area contributed by atoms with Crippen LogP contribution in [0.1, 0.15) is 12.8 Å². The second-order valence-corrected chi connectivity index (χ2v) is 6.85. The van der Waals surface area contributed by atoms with Gasteiger partial charge in [-0.2, -0.15) is 0 Å². The van der Waals surface area contributed by atoms with Crippen LogP contribution < -0.4 is 10.1 Å². The molecule has 3 rings (SSSR count). The highest BCUT2D eigenvalue weighted by Gasteiger charge is 2.31. The average Bonchev–Trinajstić information content (AvgIpc) is 3.17. The van der Waals surface area contributed by atoms with E-state index in [1.54, 1.807) is 4.90 Å². The third-order valence-corrected chi connectivity index (χ3v) is 4.82. The minimum Gasteiger partial charge on any atom is -0.406 e. The lowest BCUT2D eigenvalue weighted by atomic mass is 10.3. The molecule has 0 unspecified atom stereocenters. The summed E-state index contributed by atoms with van der Waals surface area (Å²) in [6, 6.07) is 4.67. The van der Waals surface area contributed by atoms with Crippen LogP contribution in [-0.4, -0.2) is 78.8 Å². The second kappa shape index (κ2) is 8.68. The molecule has 154 valence electrons. The number of likely N-dealkylation sites (tertiary alicyclic amines) is 1. The van der Waals surface area contributed by atoms with Gasteiger partial charge in [0.15, 0.2) is 0 Å². The van der Waals surface area contributed by atoms with E-state index in [-0.39, 0.29) is 17.7 Å². The molecule has 1 aromatic carbocycles. The molecule has 1 N–H and O–H groups in total. The molecule has 2 aliphatic rings. The Morgan fingerprint density at radius 3 is 2.11 bits per heavy atom. The van der Waals surface area contributed by atoms with Gasteiger partial charge < -0.3 is 19.9 Å². The van der Waals surface area contributed by atoms with Crippen molar-refractivity contribution in [2.45, 2.75) is 19.2 Å². The molecule has 0 radical (unpaired) electrons. The molecule has 2 aliphatic heterocycles. The lowest BCUT2D eigenvalue weighted by Gasteiger charge is -2.35. The monoisotopic (exact) mass is 400 g/mol. The maximum absolute atomic E-state index is 12.3. The highest BCUT2D eigenvalue weighted by molar-refractivity contribution is 5.89. The number of nitrogens with one attached hydrogen (secondary N) is 1. The smallest absolute Gasteiger partial charge is 0.406 e. The Balaban J connectivity index is 1.43. The molecule has 0 saturated carbocycles. The van der Waals surface area contributed by atoms with Crippen molar-refractivity contribution in [2.24, 2.45) is 0 Å². The topological polar surface area (TPSA) is 65.1 Å². The van der Waals surface area contributed by atoms with Crippen LogP contribution in [0.5, 0.6) is 5.75 Å². The Kier molecular flexibility index (Phi) is 6.28. The molecular weight excluding hydrogens is 377 g/mol. The van der Waals surface area contributed by atoms with E-state index in [4.69, 9.17) is 0 Å². The van der Waals surface area contributed by atoms with Crippen molar-refractivity contribution in [3.8, 4) is 5.75 Å². The average molecular weight is 400 g/mol. The maximum Gasteiger partial charge on any atom is 0.573 e. The van der Waals surface area contributed by atoms with Gasteiger partial charge >= 0.3 is 12.4 Å². The Hall–Kier alpha value is -2.49. The van der Waals surface area contributed by atoms with Gasteiger partial charge in [0.2, 0.25) is 5.91 Å². The zero-order valence-corrected chi connectivity index (χ0v) is 15.4. The van der Waals surface area contributed by atoms with Gasteiger partial charge in [-0.25, -0.2) is 4.79 Å². The quantitative estimate of drug-likeness (QED) is 0.843. The summed E-state index contributed by atoms with van der Waals surface area (Å²) in [7, 11) is 0. The first kappa shape index (κ1) is 20.2. The van der Waals surface area contributed by atoms with Gasteiger partial charge in [-0.05, 0) is 37.1 Å². The van der Waals surface area contributed by atoms with Gasteiger partial charge in [0.25, 0.3) is 0 Å². The minimum atomic E-state index is -4.75. The number of nitrogens with zero attached hydrogens (tertiary/aromatic N) is 3. The summed E-state index contributed by atoms with van der Waals surface area (Å²) in [5, 5.41) is 2.66. The number of carbonyl (C=O) groups is 2. The Labute approximate surface area is 161 Å². The largest absolute Gasteiger partial charge is 0.573 e. The van der Waals surface area contributed by atoms with Gasteiger partial charge in [0.1, 0.15) is 5.75 Å². The molecule has 0 aromatic heterocycles. The van der Waals surface area contributed by atoms with Gasteiger partial charge in [-0.1, -0.05) is 0 Å². The lowest BCUT2D eigenvalue weighted by molar-refractivity contribution is -0.274. The number of anilines is 1. The fourth-order valence-electron chi connectivity index (χ4n) is 3.31. The van der Waals surface area contributed by atoms with Crippen molar-refractivity contribution in [2.75, 3.05) is 51.1 Å². The van der Waals surface area contributed by atoms with Crippen LogP contribution in [0.4, 0.5) is 23.7 Å². The molecule has 2 fully saturated rings. The second-order valence-electron chi connectivity index (χ2n) is 6.85. The number of hydrogen-bond donors (Lipinski definition) is 1. The van der Waals surface area contributed by atoms with Crippen LogP contribution in [-0.2, 0) is 4.79 Å². The number of carbonyl (C=O) groups excluding carboxylic acids is 2. The molecule has 0 aliphatic carbocycles. The lowest BCUT2D eigenvalue weighted by Crippen LogP contribution is -2.52. The van der Waals surface area contributed by atoms with Crippen molar-refractivity contribution >= 4 is 17.6 Å². The predicted molar refractivity (Wildman–Crippen MR) is 96.0 cm³/mol. The van der Waals surface area contributed by atoms with E-state index in [0.29, 0.717) is 38.4 Å². The van der Waals surface area contributed by atoms with Crippen LogP contribution >= 0.6 is 0 Å². The molecule has 28 heavy (non-hydrogen) atoms. The van der Waals surface area contributed by atoms with Crippen molar-refractivity contribution in [1.82, 2.24) is 14.7 Å². The normalized spacial score (nSPS) is 18.2. The number of halogens is 3. The SMILES string of the molecule is O=C(CN1CCN(C(=O)Nc2ccc(OC(F)(F)F)cc2)CC1)N1CCCC1. The standard InChI is InChI=1S/C18H23F3N4O3/c19-18(20,21)28-15-5-3-14(4-6-15)22-17(27)25-11-9-23(10-12-25)13-16(26)24-7-1-2-8-24/h3-6H,1-2,7-13H2,(H,22,27). The van der Waals surface area contributed by atoms with Crippen LogP contribution in [0.2, 0.25) is 0 Å². The first-order chi connectivity index (χ1) is 13.3. The van der Waals surface area contributed by atoms with Crippen molar-refractivity contribution in [3.05, 3.63) is 24.3 Å². The molecular formula is C18H23F3N4O3. The Morgan fingerprint density at radius 2 is 1.54 bits per heavy atom. The number of piperazine rings is 1. The molecule has 0 bridgehead atoms. The number of hydrogen-bond acceptors (Lipinski definition) is 4.